The Kier molecular flexibility index (Phi) is 3.73. The first-order valence-electron chi connectivity index (χ1n) is 5.64. The predicted molar refractivity (Wildman–Crippen MR) is 77.6 cm³/mol. The lowest BCUT2D eigenvalue weighted by atomic mass is 9.96. The van der Waals surface area contributed by atoms with E-state index in [1.165, 1.54) is 11.5 Å². The van der Waals surface area contributed by atoms with Crippen LogP contribution in [0.2, 0.25) is 0 Å². The maximum absolute atomic E-state index is 5.76. The Balaban J connectivity index is 2.21. The van der Waals surface area contributed by atoms with E-state index in [1.807, 2.05) is 25.1 Å². The number of nitrogens with zero attached hydrogens (tertiary/aromatic N) is 2. The third kappa shape index (κ3) is 3.09. The Hall–Kier alpha value is -0.940. The van der Waals surface area contributed by atoms with E-state index in [9.17, 15) is 0 Å². The summed E-state index contributed by atoms with van der Waals surface area (Å²) in [6.45, 7) is 8.27. The van der Waals surface area contributed by atoms with E-state index in [1.54, 1.807) is 0 Å². The van der Waals surface area contributed by atoms with Crippen molar-refractivity contribution in [3.05, 3.63) is 34.1 Å². The minimum absolute atomic E-state index is 0.0487. The van der Waals surface area contributed by atoms with Gasteiger partial charge >= 0.3 is 0 Å². The van der Waals surface area contributed by atoms with Gasteiger partial charge in [-0.05, 0) is 30.7 Å². The topological polar surface area (TPSA) is 35.0 Å². The molecule has 5 heteroatoms. The van der Waals surface area contributed by atoms with Gasteiger partial charge in [-0.15, -0.1) is 0 Å². The molecule has 0 amide bonds. The molecule has 0 spiro atoms. The minimum Gasteiger partial charge on any atom is -0.430 e. The molecule has 1 aromatic heterocycles. The van der Waals surface area contributed by atoms with E-state index >= 15 is 0 Å². The monoisotopic (exact) mass is 326 g/mol. The van der Waals surface area contributed by atoms with Gasteiger partial charge in [-0.25, -0.2) is 0 Å². The Morgan fingerprint density at radius 3 is 2.56 bits per heavy atom. The molecule has 0 unspecified atom stereocenters. The lowest BCUT2D eigenvalue weighted by Gasteiger charge is -2.12. The van der Waals surface area contributed by atoms with Gasteiger partial charge in [0.05, 0.1) is 0 Å². The Morgan fingerprint density at radius 2 is 2.00 bits per heavy atom. The summed E-state index contributed by atoms with van der Waals surface area (Å²) < 4.78 is 11.1. The van der Waals surface area contributed by atoms with Crippen LogP contribution in [0.1, 0.15) is 32.2 Å². The first-order valence-corrected chi connectivity index (χ1v) is 7.21. The molecule has 0 bridgehead atoms. The number of rotatable bonds is 2. The fraction of sp³-hybridized carbons (Fsp3) is 0.385. The fourth-order valence-electron chi connectivity index (χ4n) is 1.38. The highest BCUT2D eigenvalue weighted by Gasteiger charge is 2.20. The van der Waals surface area contributed by atoms with Gasteiger partial charge in [0.2, 0.25) is 0 Å². The maximum Gasteiger partial charge on any atom is 0.298 e. The molecule has 0 radical (unpaired) electrons. The third-order valence-corrected chi connectivity index (χ3v) is 3.50. The van der Waals surface area contributed by atoms with Gasteiger partial charge in [0.15, 0.2) is 5.82 Å². The number of aromatic nitrogens is 2. The van der Waals surface area contributed by atoms with Crippen LogP contribution in [0.25, 0.3) is 0 Å². The first-order chi connectivity index (χ1) is 8.36. The van der Waals surface area contributed by atoms with Crippen molar-refractivity contribution in [3.63, 3.8) is 0 Å². The van der Waals surface area contributed by atoms with Crippen LogP contribution in [-0.4, -0.2) is 9.36 Å². The largest absolute Gasteiger partial charge is 0.430 e. The normalized spacial score (nSPS) is 11.6. The van der Waals surface area contributed by atoms with E-state index in [0.29, 0.717) is 5.19 Å². The smallest absolute Gasteiger partial charge is 0.298 e. The van der Waals surface area contributed by atoms with Crippen LogP contribution in [0.3, 0.4) is 0 Å². The van der Waals surface area contributed by atoms with Crippen LogP contribution in [0, 0.1) is 6.92 Å². The zero-order valence-electron chi connectivity index (χ0n) is 10.8. The standard InChI is InChI=1S/C13H15BrN2OS/c1-8-7-9(14)5-6-10(8)17-12-15-11(16-18-12)13(2,3)4/h5-7H,1-4H3. The van der Waals surface area contributed by atoms with Crippen molar-refractivity contribution in [2.24, 2.45) is 0 Å². The number of halogens is 1. The molecule has 2 aromatic rings. The van der Waals surface area contributed by atoms with E-state index < -0.39 is 0 Å². The quantitative estimate of drug-likeness (QED) is 0.802. The van der Waals surface area contributed by atoms with Crippen LogP contribution < -0.4 is 4.74 Å². The average molecular weight is 327 g/mol. The number of hydrogen-bond donors (Lipinski definition) is 0. The molecule has 0 saturated heterocycles. The van der Waals surface area contributed by atoms with Crippen LogP contribution in [0.15, 0.2) is 22.7 Å². The molecular weight excluding hydrogens is 312 g/mol. The van der Waals surface area contributed by atoms with Crippen molar-refractivity contribution < 1.29 is 4.74 Å². The first kappa shape index (κ1) is 13.5. The van der Waals surface area contributed by atoms with Crippen molar-refractivity contribution >= 4 is 27.5 Å². The summed E-state index contributed by atoms with van der Waals surface area (Å²) in [4.78, 5) is 4.41. The van der Waals surface area contributed by atoms with Crippen LogP contribution in [-0.2, 0) is 5.41 Å². The van der Waals surface area contributed by atoms with Gasteiger partial charge in [0.1, 0.15) is 5.75 Å². The van der Waals surface area contributed by atoms with Crippen LogP contribution in [0.4, 0.5) is 0 Å². The molecule has 1 heterocycles. The number of hydrogen-bond acceptors (Lipinski definition) is 4. The summed E-state index contributed by atoms with van der Waals surface area (Å²) in [5, 5.41) is 0.588. The number of ether oxygens (including phenoxy) is 1. The number of aryl methyl sites for hydroxylation is 1. The van der Waals surface area contributed by atoms with Crippen LogP contribution >= 0.6 is 27.5 Å². The van der Waals surface area contributed by atoms with Gasteiger partial charge in [0, 0.05) is 21.4 Å². The summed E-state index contributed by atoms with van der Waals surface area (Å²) in [6.07, 6.45) is 0. The number of benzene rings is 1. The minimum atomic E-state index is -0.0487. The maximum atomic E-state index is 5.76. The van der Waals surface area contributed by atoms with Crippen molar-refractivity contribution in [3.8, 4) is 10.9 Å². The highest BCUT2D eigenvalue weighted by atomic mass is 79.9. The lowest BCUT2D eigenvalue weighted by Crippen LogP contribution is -2.12. The summed E-state index contributed by atoms with van der Waals surface area (Å²) in [7, 11) is 0. The van der Waals surface area contributed by atoms with Gasteiger partial charge in [0.25, 0.3) is 5.19 Å². The van der Waals surface area contributed by atoms with E-state index in [2.05, 4.69) is 46.1 Å². The zero-order valence-corrected chi connectivity index (χ0v) is 13.2. The third-order valence-electron chi connectivity index (χ3n) is 2.41. The summed E-state index contributed by atoms with van der Waals surface area (Å²) in [6, 6.07) is 5.90. The van der Waals surface area contributed by atoms with Crippen molar-refractivity contribution in [2.45, 2.75) is 33.1 Å². The van der Waals surface area contributed by atoms with Gasteiger partial charge in [-0.2, -0.15) is 9.36 Å². The molecule has 0 N–H and O–H groups in total. The Bertz CT molecular complexity index is 560. The fourth-order valence-corrected chi connectivity index (χ4v) is 2.59. The Labute approximate surface area is 120 Å². The molecule has 0 aliphatic heterocycles. The SMILES string of the molecule is Cc1cc(Br)ccc1Oc1nc(C(C)(C)C)ns1. The van der Waals surface area contributed by atoms with Gasteiger partial charge in [-0.1, -0.05) is 36.7 Å². The molecule has 3 nitrogen and oxygen atoms in total. The highest BCUT2D eigenvalue weighted by Crippen LogP contribution is 2.30. The molecule has 0 atom stereocenters. The lowest BCUT2D eigenvalue weighted by molar-refractivity contribution is 0.465. The predicted octanol–water partition coefficient (Wildman–Crippen LogP) is 4.70. The molecule has 0 aliphatic rings. The molecule has 0 aliphatic carbocycles. The van der Waals surface area contributed by atoms with Crippen molar-refractivity contribution in [2.75, 3.05) is 0 Å². The van der Waals surface area contributed by atoms with E-state index in [-0.39, 0.29) is 5.41 Å². The zero-order chi connectivity index (χ0) is 13.3. The molecule has 18 heavy (non-hydrogen) atoms. The second-order valence-corrected chi connectivity index (χ2v) is 6.78. The summed E-state index contributed by atoms with van der Waals surface area (Å²) in [5.41, 5.74) is 1.02. The second-order valence-electron chi connectivity index (χ2n) is 5.15. The van der Waals surface area contributed by atoms with Crippen molar-refractivity contribution in [1.82, 2.24) is 9.36 Å². The van der Waals surface area contributed by atoms with E-state index in [0.717, 1.165) is 21.6 Å². The average Bonchev–Trinajstić information content (AvgIpc) is 2.70. The van der Waals surface area contributed by atoms with E-state index in [4.69, 9.17) is 4.74 Å². The molecule has 96 valence electrons. The molecule has 2 rings (SSSR count). The second kappa shape index (κ2) is 4.97. The molecule has 1 aromatic carbocycles. The summed E-state index contributed by atoms with van der Waals surface area (Å²) >= 11 is 4.72. The van der Waals surface area contributed by atoms with Gasteiger partial charge in [-0.3, -0.25) is 0 Å². The molecule has 0 fully saturated rings. The van der Waals surface area contributed by atoms with Gasteiger partial charge < -0.3 is 4.74 Å². The highest BCUT2D eigenvalue weighted by molar-refractivity contribution is 9.10. The van der Waals surface area contributed by atoms with Crippen LogP contribution in [0.5, 0.6) is 10.9 Å². The molecule has 0 saturated carbocycles. The van der Waals surface area contributed by atoms with Crippen molar-refractivity contribution in [1.29, 1.82) is 0 Å². The Morgan fingerprint density at radius 1 is 1.28 bits per heavy atom. The summed E-state index contributed by atoms with van der Waals surface area (Å²) in [5.74, 6) is 1.63. The molecular formula is C13H15BrN2OS.